The number of carbonyl (C=O) groups is 1. The fourth-order valence-corrected chi connectivity index (χ4v) is 1.88. The molecule has 1 amide bonds. The van der Waals surface area contributed by atoms with Crippen LogP contribution >= 0.6 is 12.4 Å². The average molecular weight is 271 g/mol. The Morgan fingerprint density at radius 2 is 2.17 bits per heavy atom. The standard InChI is InChI=1S/C13H18N2O2.ClH/c1-15(11-5-3-2-4-6-11)13(16)9-12-10-14-7-8-17-12;/h2-6,12,14H,7-10H2,1H3;1H. The van der Waals surface area contributed by atoms with Crippen molar-refractivity contribution in [2.24, 2.45) is 0 Å². The van der Waals surface area contributed by atoms with Gasteiger partial charge in [0.25, 0.3) is 0 Å². The van der Waals surface area contributed by atoms with Gasteiger partial charge in [-0.25, -0.2) is 0 Å². The molecule has 1 atom stereocenters. The van der Waals surface area contributed by atoms with Crippen LogP contribution in [0, 0.1) is 0 Å². The van der Waals surface area contributed by atoms with E-state index in [1.54, 1.807) is 11.9 Å². The minimum absolute atomic E-state index is 0. The van der Waals surface area contributed by atoms with Gasteiger partial charge in [0, 0.05) is 25.8 Å². The fraction of sp³-hybridized carbons (Fsp3) is 0.462. The Kier molecular flexibility index (Phi) is 6.12. The molecule has 0 bridgehead atoms. The first-order valence-corrected chi connectivity index (χ1v) is 5.91. The number of rotatable bonds is 3. The molecule has 0 aromatic heterocycles. The van der Waals surface area contributed by atoms with E-state index in [2.05, 4.69) is 5.32 Å². The first-order chi connectivity index (χ1) is 8.27. The second kappa shape index (κ2) is 7.36. The Morgan fingerprint density at radius 1 is 1.44 bits per heavy atom. The molecule has 0 aliphatic carbocycles. The maximum Gasteiger partial charge on any atom is 0.229 e. The number of para-hydroxylation sites is 1. The monoisotopic (exact) mass is 270 g/mol. The number of hydrogen-bond donors (Lipinski definition) is 1. The zero-order valence-electron chi connectivity index (χ0n) is 10.5. The van der Waals surface area contributed by atoms with E-state index in [0.29, 0.717) is 13.0 Å². The van der Waals surface area contributed by atoms with E-state index in [0.717, 1.165) is 18.8 Å². The van der Waals surface area contributed by atoms with Crippen molar-refractivity contribution in [2.75, 3.05) is 31.6 Å². The molecule has 1 aromatic rings. The number of hydrogen-bond acceptors (Lipinski definition) is 3. The number of amides is 1. The number of carbonyl (C=O) groups excluding carboxylic acids is 1. The summed E-state index contributed by atoms with van der Waals surface area (Å²) in [4.78, 5) is 13.7. The molecule has 1 unspecified atom stereocenters. The Morgan fingerprint density at radius 3 is 2.78 bits per heavy atom. The maximum atomic E-state index is 12.0. The average Bonchev–Trinajstić information content (AvgIpc) is 2.40. The molecule has 1 fully saturated rings. The summed E-state index contributed by atoms with van der Waals surface area (Å²) in [7, 11) is 1.80. The molecule has 1 saturated heterocycles. The number of anilines is 1. The highest BCUT2D eigenvalue weighted by Gasteiger charge is 2.20. The van der Waals surface area contributed by atoms with Crippen LogP contribution in [0.3, 0.4) is 0 Å². The van der Waals surface area contributed by atoms with Crippen LogP contribution in [-0.4, -0.2) is 38.8 Å². The topological polar surface area (TPSA) is 41.6 Å². The Bertz CT molecular complexity index is 367. The van der Waals surface area contributed by atoms with Gasteiger partial charge >= 0.3 is 0 Å². The van der Waals surface area contributed by atoms with E-state index >= 15 is 0 Å². The molecule has 0 saturated carbocycles. The van der Waals surface area contributed by atoms with Gasteiger partial charge in [-0.1, -0.05) is 18.2 Å². The number of morpholine rings is 1. The van der Waals surface area contributed by atoms with Crippen molar-refractivity contribution in [1.29, 1.82) is 0 Å². The Hall–Kier alpha value is -1.10. The number of ether oxygens (including phenoxy) is 1. The van der Waals surface area contributed by atoms with Crippen molar-refractivity contribution < 1.29 is 9.53 Å². The highest BCUT2D eigenvalue weighted by molar-refractivity contribution is 5.93. The Labute approximate surface area is 114 Å². The fourth-order valence-electron chi connectivity index (χ4n) is 1.88. The quantitative estimate of drug-likeness (QED) is 0.904. The van der Waals surface area contributed by atoms with Gasteiger partial charge in [0.05, 0.1) is 19.1 Å². The molecule has 1 aromatic carbocycles. The van der Waals surface area contributed by atoms with Crippen molar-refractivity contribution in [1.82, 2.24) is 5.32 Å². The third-order valence-electron chi connectivity index (χ3n) is 2.92. The van der Waals surface area contributed by atoms with Crippen LogP contribution in [0.4, 0.5) is 5.69 Å². The lowest BCUT2D eigenvalue weighted by Crippen LogP contribution is -2.41. The van der Waals surface area contributed by atoms with Crippen molar-refractivity contribution in [3.63, 3.8) is 0 Å². The molecular weight excluding hydrogens is 252 g/mol. The van der Waals surface area contributed by atoms with E-state index in [1.165, 1.54) is 0 Å². The highest BCUT2D eigenvalue weighted by Crippen LogP contribution is 2.13. The normalized spacial score (nSPS) is 18.8. The Balaban J connectivity index is 0.00000162. The first-order valence-electron chi connectivity index (χ1n) is 5.91. The number of nitrogens with one attached hydrogen (secondary N) is 1. The van der Waals surface area contributed by atoms with Crippen LogP contribution in [0.25, 0.3) is 0 Å². The number of benzene rings is 1. The van der Waals surface area contributed by atoms with Gasteiger partial charge in [0.2, 0.25) is 5.91 Å². The van der Waals surface area contributed by atoms with Crippen LogP contribution in [0.1, 0.15) is 6.42 Å². The summed E-state index contributed by atoms with van der Waals surface area (Å²) in [6, 6.07) is 9.65. The molecule has 1 N–H and O–H groups in total. The molecule has 1 aliphatic rings. The smallest absolute Gasteiger partial charge is 0.229 e. The van der Waals surface area contributed by atoms with Crippen LogP contribution in [0.2, 0.25) is 0 Å². The lowest BCUT2D eigenvalue weighted by Gasteiger charge is -2.25. The van der Waals surface area contributed by atoms with Gasteiger partial charge in [-0.3, -0.25) is 4.79 Å². The minimum Gasteiger partial charge on any atom is -0.375 e. The largest absolute Gasteiger partial charge is 0.375 e. The van der Waals surface area contributed by atoms with Crippen molar-refractivity contribution in [2.45, 2.75) is 12.5 Å². The minimum atomic E-state index is 0. The van der Waals surface area contributed by atoms with E-state index in [4.69, 9.17) is 4.74 Å². The van der Waals surface area contributed by atoms with Crippen molar-refractivity contribution in [3.05, 3.63) is 30.3 Å². The SMILES string of the molecule is CN(C(=O)CC1CNCCO1)c1ccccc1.Cl. The zero-order chi connectivity index (χ0) is 12.1. The van der Waals surface area contributed by atoms with Gasteiger partial charge < -0.3 is 15.0 Å². The molecule has 100 valence electrons. The van der Waals surface area contributed by atoms with Gasteiger partial charge in [0.1, 0.15) is 0 Å². The summed E-state index contributed by atoms with van der Waals surface area (Å²) in [5.74, 6) is 0.0879. The summed E-state index contributed by atoms with van der Waals surface area (Å²) in [5, 5.41) is 3.22. The number of nitrogens with zero attached hydrogens (tertiary/aromatic N) is 1. The summed E-state index contributed by atoms with van der Waals surface area (Å²) >= 11 is 0. The molecule has 2 rings (SSSR count). The molecular formula is C13H19ClN2O2. The summed E-state index contributed by atoms with van der Waals surface area (Å²) in [5.41, 5.74) is 0.918. The van der Waals surface area contributed by atoms with E-state index in [9.17, 15) is 4.79 Å². The van der Waals surface area contributed by atoms with E-state index in [1.807, 2.05) is 30.3 Å². The van der Waals surface area contributed by atoms with Crippen molar-refractivity contribution in [3.8, 4) is 0 Å². The third kappa shape index (κ3) is 3.98. The van der Waals surface area contributed by atoms with Gasteiger partial charge in [-0.2, -0.15) is 0 Å². The summed E-state index contributed by atoms with van der Waals surface area (Å²) < 4.78 is 5.52. The second-order valence-corrected chi connectivity index (χ2v) is 4.19. The van der Waals surface area contributed by atoms with Gasteiger partial charge in [-0.05, 0) is 12.1 Å². The predicted molar refractivity (Wildman–Crippen MR) is 74.3 cm³/mol. The number of halogens is 1. The van der Waals surface area contributed by atoms with E-state index < -0.39 is 0 Å². The molecule has 4 nitrogen and oxygen atoms in total. The molecule has 0 radical (unpaired) electrons. The first kappa shape index (κ1) is 15.0. The molecule has 1 aliphatic heterocycles. The zero-order valence-corrected chi connectivity index (χ0v) is 11.3. The summed E-state index contributed by atoms with van der Waals surface area (Å²) in [6.07, 6.45) is 0.431. The highest BCUT2D eigenvalue weighted by atomic mass is 35.5. The van der Waals surface area contributed by atoms with Crippen LogP contribution < -0.4 is 10.2 Å². The second-order valence-electron chi connectivity index (χ2n) is 4.19. The lowest BCUT2D eigenvalue weighted by atomic mass is 10.2. The van der Waals surface area contributed by atoms with Crippen LogP contribution in [0.5, 0.6) is 0 Å². The van der Waals surface area contributed by atoms with E-state index in [-0.39, 0.29) is 24.4 Å². The molecule has 1 heterocycles. The molecule has 0 spiro atoms. The van der Waals surface area contributed by atoms with Gasteiger partial charge in [0.15, 0.2) is 0 Å². The van der Waals surface area contributed by atoms with Gasteiger partial charge in [-0.15, -0.1) is 12.4 Å². The third-order valence-corrected chi connectivity index (χ3v) is 2.92. The van der Waals surface area contributed by atoms with Crippen LogP contribution in [-0.2, 0) is 9.53 Å². The van der Waals surface area contributed by atoms with Crippen molar-refractivity contribution >= 4 is 24.0 Å². The van der Waals surface area contributed by atoms with Crippen LogP contribution in [0.15, 0.2) is 30.3 Å². The predicted octanol–water partition coefficient (Wildman–Crippen LogP) is 1.45. The summed E-state index contributed by atoms with van der Waals surface area (Å²) in [6.45, 7) is 2.32. The lowest BCUT2D eigenvalue weighted by molar-refractivity contribution is -0.121. The molecule has 5 heteroatoms. The maximum absolute atomic E-state index is 12.0. The molecule has 18 heavy (non-hydrogen) atoms.